The summed E-state index contributed by atoms with van der Waals surface area (Å²) < 4.78 is 27.4. The lowest BCUT2D eigenvalue weighted by molar-refractivity contribution is 0.0502. The Hall–Kier alpha value is -2.12. The molecule has 7 heteroatoms. The lowest BCUT2D eigenvalue weighted by Crippen LogP contribution is -2.44. The average Bonchev–Trinajstić information content (AvgIpc) is 3.06. The Morgan fingerprint density at radius 2 is 2.00 bits per heavy atom. The molecule has 144 valence electrons. The quantitative estimate of drug-likeness (QED) is 0.891. The van der Waals surface area contributed by atoms with Crippen molar-refractivity contribution in [1.29, 1.82) is 0 Å². The van der Waals surface area contributed by atoms with E-state index in [0.29, 0.717) is 12.1 Å². The van der Waals surface area contributed by atoms with Gasteiger partial charge in [0.15, 0.2) is 11.6 Å². The van der Waals surface area contributed by atoms with Gasteiger partial charge in [0.1, 0.15) is 12.1 Å². The van der Waals surface area contributed by atoms with Crippen LogP contribution >= 0.6 is 0 Å². The fraction of sp³-hybridized carbons (Fsp3) is 0.500. The second kappa shape index (κ2) is 7.48. The van der Waals surface area contributed by atoms with Crippen molar-refractivity contribution >= 4 is 5.82 Å². The van der Waals surface area contributed by atoms with Gasteiger partial charge in [0, 0.05) is 43.9 Å². The summed E-state index contributed by atoms with van der Waals surface area (Å²) in [6.07, 6.45) is 5.13. The van der Waals surface area contributed by atoms with Crippen molar-refractivity contribution in [2.45, 2.75) is 19.4 Å². The molecule has 1 aromatic heterocycles. The molecule has 0 amide bonds. The molecule has 4 rings (SSSR count). The molecule has 0 radical (unpaired) electrons. The number of aliphatic hydroxyl groups is 1. The molecule has 2 aliphatic rings. The Labute approximate surface area is 157 Å². The SMILES string of the molecule is OCC1CN(c2ccncn2)CC12CCN(Cc1cccc(F)c1F)CC2. The summed E-state index contributed by atoms with van der Waals surface area (Å²) in [5.41, 5.74) is 0.440. The number of halogens is 2. The van der Waals surface area contributed by atoms with Crippen LogP contribution in [0, 0.1) is 23.0 Å². The molecule has 3 heterocycles. The number of piperidine rings is 1. The minimum absolute atomic E-state index is 0.0384. The Kier molecular flexibility index (Phi) is 5.06. The second-order valence-electron chi connectivity index (χ2n) is 7.68. The zero-order valence-corrected chi connectivity index (χ0v) is 15.2. The van der Waals surface area contributed by atoms with Gasteiger partial charge in [-0.2, -0.15) is 0 Å². The zero-order valence-electron chi connectivity index (χ0n) is 15.2. The summed E-state index contributed by atoms with van der Waals surface area (Å²) in [5, 5.41) is 9.95. The smallest absolute Gasteiger partial charge is 0.163 e. The van der Waals surface area contributed by atoms with E-state index in [1.54, 1.807) is 24.7 Å². The Morgan fingerprint density at radius 1 is 1.19 bits per heavy atom. The van der Waals surface area contributed by atoms with Gasteiger partial charge >= 0.3 is 0 Å². The monoisotopic (exact) mass is 374 g/mol. The largest absolute Gasteiger partial charge is 0.396 e. The van der Waals surface area contributed by atoms with Crippen molar-refractivity contribution in [2.75, 3.05) is 37.7 Å². The van der Waals surface area contributed by atoms with Crippen LogP contribution in [-0.2, 0) is 6.54 Å². The van der Waals surface area contributed by atoms with E-state index in [9.17, 15) is 13.9 Å². The predicted molar refractivity (Wildman–Crippen MR) is 98.1 cm³/mol. The number of nitrogens with zero attached hydrogens (tertiary/aromatic N) is 4. The number of benzene rings is 1. The van der Waals surface area contributed by atoms with Crippen molar-refractivity contribution in [2.24, 2.45) is 11.3 Å². The molecule has 2 aliphatic heterocycles. The molecular weight excluding hydrogens is 350 g/mol. The van der Waals surface area contributed by atoms with E-state index < -0.39 is 11.6 Å². The van der Waals surface area contributed by atoms with Gasteiger partial charge in [-0.15, -0.1) is 0 Å². The molecule has 0 aliphatic carbocycles. The first-order valence-corrected chi connectivity index (χ1v) is 9.38. The Balaban J connectivity index is 1.43. The van der Waals surface area contributed by atoms with Gasteiger partial charge in [-0.25, -0.2) is 18.7 Å². The first-order valence-electron chi connectivity index (χ1n) is 9.38. The van der Waals surface area contributed by atoms with Crippen LogP contribution in [-0.4, -0.2) is 52.8 Å². The molecule has 1 spiro atoms. The molecule has 2 aromatic rings. The van der Waals surface area contributed by atoms with E-state index in [1.807, 2.05) is 6.07 Å². The highest BCUT2D eigenvalue weighted by atomic mass is 19.2. The molecule has 1 unspecified atom stereocenters. The molecule has 5 nitrogen and oxygen atoms in total. The minimum Gasteiger partial charge on any atom is -0.396 e. The highest BCUT2D eigenvalue weighted by molar-refractivity contribution is 5.39. The molecule has 1 aromatic carbocycles. The Bertz CT molecular complexity index is 781. The number of aromatic nitrogens is 2. The van der Waals surface area contributed by atoms with Crippen LogP contribution in [0.1, 0.15) is 18.4 Å². The summed E-state index contributed by atoms with van der Waals surface area (Å²) in [5.74, 6) is -0.454. The third kappa shape index (κ3) is 3.53. The number of rotatable bonds is 4. The van der Waals surface area contributed by atoms with E-state index in [1.165, 1.54) is 0 Å². The van der Waals surface area contributed by atoms with Crippen LogP contribution in [0.5, 0.6) is 0 Å². The summed E-state index contributed by atoms with van der Waals surface area (Å²) in [6.45, 7) is 3.83. The maximum absolute atomic E-state index is 14.0. The first kappa shape index (κ1) is 18.3. The summed E-state index contributed by atoms with van der Waals surface area (Å²) >= 11 is 0. The van der Waals surface area contributed by atoms with Crippen molar-refractivity contribution < 1.29 is 13.9 Å². The van der Waals surface area contributed by atoms with Crippen LogP contribution in [0.3, 0.4) is 0 Å². The number of anilines is 1. The molecule has 1 atom stereocenters. The molecule has 27 heavy (non-hydrogen) atoms. The highest BCUT2D eigenvalue weighted by Gasteiger charge is 2.48. The number of hydrogen-bond acceptors (Lipinski definition) is 5. The lowest BCUT2D eigenvalue weighted by atomic mass is 9.71. The lowest BCUT2D eigenvalue weighted by Gasteiger charge is -2.42. The van der Waals surface area contributed by atoms with Crippen molar-refractivity contribution in [1.82, 2.24) is 14.9 Å². The van der Waals surface area contributed by atoms with Gasteiger partial charge in [-0.05, 0) is 43.5 Å². The Morgan fingerprint density at radius 3 is 2.70 bits per heavy atom. The molecule has 0 bridgehead atoms. The maximum Gasteiger partial charge on any atom is 0.163 e. The van der Waals surface area contributed by atoms with E-state index in [-0.39, 0.29) is 17.9 Å². The second-order valence-corrected chi connectivity index (χ2v) is 7.68. The summed E-state index contributed by atoms with van der Waals surface area (Å²) in [7, 11) is 0. The third-order valence-corrected chi connectivity index (χ3v) is 6.20. The van der Waals surface area contributed by atoms with Crippen molar-refractivity contribution in [3.05, 3.63) is 54.0 Å². The fourth-order valence-corrected chi connectivity index (χ4v) is 4.56. The van der Waals surface area contributed by atoms with Gasteiger partial charge in [-0.3, -0.25) is 4.90 Å². The molecule has 2 saturated heterocycles. The fourth-order valence-electron chi connectivity index (χ4n) is 4.56. The topological polar surface area (TPSA) is 52.5 Å². The average molecular weight is 374 g/mol. The van der Waals surface area contributed by atoms with Gasteiger partial charge in [-0.1, -0.05) is 12.1 Å². The van der Waals surface area contributed by atoms with E-state index in [0.717, 1.165) is 50.9 Å². The van der Waals surface area contributed by atoms with Crippen LogP contribution in [0.2, 0.25) is 0 Å². The third-order valence-electron chi connectivity index (χ3n) is 6.20. The van der Waals surface area contributed by atoms with Gasteiger partial charge < -0.3 is 10.0 Å². The van der Waals surface area contributed by atoms with E-state index in [4.69, 9.17) is 0 Å². The first-order chi connectivity index (χ1) is 13.1. The van der Waals surface area contributed by atoms with Crippen LogP contribution in [0.4, 0.5) is 14.6 Å². The van der Waals surface area contributed by atoms with Gasteiger partial charge in [0.05, 0.1) is 0 Å². The molecule has 0 saturated carbocycles. The summed E-state index contributed by atoms with van der Waals surface area (Å²) in [6, 6.07) is 6.24. The normalized spacial score (nSPS) is 22.5. The number of hydrogen-bond donors (Lipinski definition) is 1. The minimum atomic E-state index is -0.794. The van der Waals surface area contributed by atoms with Crippen LogP contribution < -0.4 is 4.90 Å². The molecule has 2 fully saturated rings. The van der Waals surface area contributed by atoms with Gasteiger partial charge in [0.25, 0.3) is 0 Å². The van der Waals surface area contributed by atoms with Crippen LogP contribution in [0.25, 0.3) is 0 Å². The predicted octanol–water partition coefficient (Wildman–Crippen LogP) is 2.47. The van der Waals surface area contributed by atoms with E-state index >= 15 is 0 Å². The van der Waals surface area contributed by atoms with Gasteiger partial charge in [0.2, 0.25) is 0 Å². The standard InChI is InChI=1S/C20H24F2N4O/c21-17-3-1-2-15(19(17)22)10-25-8-5-20(6-9-25)13-26(11-16(20)12-27)18-4-7-23-14-24-18/h1-4,7,14,16,27H,5-6,8-13H2. The van der Waals surface area contributed by atoms with Crippen molar-refractivity contribution in [3.63, 3.8) is 0 Å². The number of aliphatic hydroxyl groups excluding tert-OH is 1. The molecular formula is C20H24F2N4O. The zero-order chi connectivity index (χ0) is 18.9. The van der Waals surface area contributed by atoms with Crippen molar-refractivity contribution in [3.8, 4) is 0 Å². The maximum atomic E-state index is 14.0. The van der Waals surface area contributed by atoms with Crippen LogP contribution in [0.15, 0.2) is 36.8 Å². The van der Waals surface area contributed by atoms with E-state index in [2.05, 4.69) is 19.8 Å². The molecule has 1 N–H and O–H groups in total. The summed E-state index contributed by atoms with van der Waals surface area (Å²) in [4.78, 5) is 12.7. The highest BCUT2D eigenvalue weighted by Crippen LogP contribution is 2.45. The number of likely N-dealkylation sites (tertiary alicyclic amines) is 1.